The highest BCUT2D eigenvalue weighted by atomic mass is 127. The first-order valence-corrected chi connectivity index (χ1v) is 6.87. The van der Waals surface area contributed by atoms with E-state index in [1.165, 1.54) is 5.56 Å². The molecular formula is C14H14INO2. The Morgan fingerprint density at radius 1 is 1.28 bits per heavy atom. The summed E-state index contributed by atoms with van der Waals surface area (Å²) in [4.78, 5) is 11.0. The zero-order valence-electron chi connectivity index (χ0n) is 9.84. The minimum Gasteiger partial charge on any atom is -0.477 e. The van der Waals surface area contributed by atoms with Crippen LogP contribution in [0.2, 0.25) is 0 Å². The Labute approximate surface area is 120 Å². The third-order valence-corrected chi connectivity index (χ3v) is 3.38. The summed E-state index contributed by atoms with van der Waals surface area (Å²) in [7, 11) is 0. The molecule has 3 nitrogen and oxygen atoms in total. The molecule has 4 heteroatoms. The molecule has 0 radical (unpaired) electrons. The number of aromatic nitrogens is 1. The van der Waals surface area contributed by atoms with Gasteiger partial charge in [0.15, 0.2) is 0 Å². The Balaban J connectivity index is 1.96. The van der Waals surface area contributed by atoms with Crippen molar-refractivity contribution in [2.45, 2.75) is 19.4 Å². The minimum absolute atomic E-state index is 0.368. The summed E-state index contributed by atoms with van der Waals surface area (Å²) in [5.41, 5.74) is 1.66. The highest BCUT2D eigenvalue weighted by Crippen LogP contribution is 2.13. The van der Waals surface area contributed by atoms with Crippen molar-refractivity contribution in [3.05, 3.63) is 57.4 Å². The van der Waals surface area contributed by atoms with Crippen LogP contribution in [0.3, 0.4) is 0 Å². The molecule has 0 atom stereocenters. The van der Waals surface area contributed by atoms with Gasteiger partial charge in [0.1, 0.15) is 5.69 Å². The summed E-state index contributed by atoms with van der Waals surface area (Å²) in [6.45, 7) is 0.736. The minimum atomic E-state index is -0.863. The van der Waals surface area contributed by atoms with E-state index in [0.717, 1.165) is 23.0 Å². The van der Waals surface area contributed by atoms with E-state index >= 15 is 0 Å². The van der Waals surface area contributed by atoms with Gasteiger partial charge in [-0.25, -0.2) is 4.79 Å². The second-order valence-electron chi connectivity index (χ2n) is 4.13. The normalized spacial score (nSPS) is 10.5. The first-order valence-electron chi connectivity index (χ1n) is 5.80. The van der Waals surface area contributed by atoms with Crippen LogP contribution in [-0.4, -0.2) is 15.6 Å². The third kappa shape index (κ3) is 3.35. The van der Waals surface area contributed by atoms with Crippen molar-refractivity contribution in [1.29, 1.82) is 0 Å². The van der Waals surface area contributed by atoms with Crippen LogP contribution in [0.4, 0.5) is 0 Å². The average Bonchev–Trinajstić information content (AvgIpc) is 2.72. The van der Waals surface area contributed by atoms with Crippen molar-refractivity contribution in [2.75, 3.05) is 0 Å². The number of hydrogen-bond acceptors (Lipinski definition) is 1. The Hall–Kier alpha value is -1.30. The molecule has 0 saturated heterocycles. The Morgan fingerprint density at radius 2 is 2.00 bits per heavy atom. The number of carboxylic acids is 1. The number of aryl methyl sites for hydroxylation is 2. The molecule has 1 aromatic carbocycles. The first kappa shape index (κ1) is 13.1. The Bertz CT molecular complexity index is 534. The summed E-state index contributed by atoms with van der Waals surface area (Å²) < 4.78 is 2.78. The molecule has 2 aromatic rings. The molecule has 0 fully saturated rings. The summed E-state index contributed by atoms with van der Waals surface area (Å²) in [6, 6.07) is 11.9. The molecule has 0 spiro atoms. The summed E-state index contributed by atoms with van der Waals surface area (Å²) in [6.07, 6.45) is 3.79. The van der Waals surface area contributed by atoms with Crippen LogP contribution in [0.1, 0.15) is 22.5 Å². The number of halogens is 1. The largest absolute Gasteiger partial charge is 0.477 e. The van der Waals surface area contributed by atoms with Crippen molar-refractivity contribution >= 4 is 28.6 Å². The van der Waals surface area contributed by atoms with E-state index < -0.39 is 5.97 Å². The maximum atomic E-state index is 11.0. The number of nitrogens with zero attached hydrogens (tertiary/aromatic N) is 1. The van der Waals surface area contributed by atoms with Gasteiger partial charge in [0.25, 0.3) is 0 Å². The maximum Gasteiger partial charge on any atom is 0.352 e. The predicted octanol–water partition coefficient (Wildman–Crippen LogP) is 3.42. The SMILES string of the molecule is O=C(O)c1cc(I)cn1CCCc1ccccc1. The van der Waals surface area contributed by atoms with Crippen molar-refractivity contribution < 1.29 is 9.90 Å². The number of rotatable bonds is 5. The molecule has 1 N–H and O–H groups in total. The molecule has 0 aliphatic heterocycles. The molecule has 94 valence electrons. The maximum absolute atomic E-state index is 11.0. The standard InChI is InChI=1S/C14H14INO2/c15-12-9-13(14(17)18)16(10-12)8-4-7-11-5-2-1-3-6-11/h1-3,5-6,9-10H,4,7-8H2,(H,17,18). The van der Waals surface area contributed by atoms with Crippen molar-refractivity contribution in [2.24, 2.45) is 0 Å². The summed E-state index contributed by atoms with van der Waals surface area (Å²) in [5.74, 6) is -0.863. The smallest absolute Gasteiger partial charge is 0.352 e. The van der Waals surface area contributed by atoms with E-state index in [-0.39, 0.29) is 0 Å². The lowest BCUT2D eigenvalue weighted by atomic mass is 10.1. The molecule has 0 saturated carbocycles. The van der Waals surface area contributed by atoms with Gasteiger partial charge in [-0.15, -0.1) is 0 Å². The highest BCUT2D eigenvalue weighted by molar-refractivity contribution is 14.1. The van der Waals surface area contributed by atoms with Crippen molar-refractivity contribution in [3.63, 3.8) is 0 Å². The van der Waals surface area contributed by atoms with Gasteiger partial charge in [0.2, 0.25) is 0 Å². The molecule has 18 heavy (non-hydrogen) atoms. The fraction of sp³-hybridized carbons (Fsp3) is 0.214. The second kappa shape index (κ2) is 6.04. The molecule has 1 aromatic heterocycles. The van der Waals surface area contributed by atoms with Crippen LogP contribution in [0, 0.1) is 3.57 Å². The van der Waals surface area contributed by atoms with Crippen LogP contribution in [0.5, 0.6) is 0 Å². The lowest BCUT2D eigenvalue weighted by molar-refractivity contribution is 0.0685. The predicted molar refractivity (Wildman–Crippen MR) is 78.9 cm³/mol. The van der Waals surface area contributed by atoms with Crippen LogP contribution in [0.15, 0.2) is 42.6 Å². The van der Waals surface area contributed by atoms with Crippen molar-refractivity contribution in [3.8, 4) is 0 Å². The van der Waals surface area contributed by atoms with Gasteiger partial charge in [0, 0.05) is 16.3 Å². The fourth-order valence-corrected chi connectivity index (χ4v) is 2.57. The lowest BCUT2D eigenvalue weighted by Gasteiger charge is -2.06. The molecule has 0 aliphatic rings. The monoisotopic (exact) mass is 355 g/mol. The van der Waals surface area contributed by atoms with Gasteiger partial charge in [0.05, 0.1) is 0 Å². The van der Waals surface area contributed by atoms with Gasteiger partial charge in [-0.05, 0) is 47.1 Å². The number of hydrogen-bond donors (Lipinski definition) is 1. The second-order valence-corrected chi connectivity index (χ2v) is 5.38. The number of carboxylic acid groups (broad SMARTS) is 1. The van der Waals surface area contributed by atoms with Gasteiger partial charge >= 0.3 is 5.97 Å². The van der Waals surface area contributed by atoms with E-state index in [4.69, 9.17) is 5.11 Å². The van der Waals surface area contributed by atoms with Crippen molar-refractivity contribution in [1.82, 2.24) is 4.57 Å². The van der Waals surface area contributed by atoms with E-state index in [1.54, 1.807) is 6.07 Å². The highest BCUT2D eigenvalue weighted by Gasteiger charge is 2.10. The first-order chi connectivity index (χ1) is 8.66. The van der Waals surface area contributed by atoms with E-state index in [1.807, 2.05) is 29.0 Å². The quantitative estimate of drug-likeness (QED) is 0.836. The fourth-order valence-electron chi connectivity index (χ4n) is 1.94. The number of carbonyl (C=O) groups is 1. The van der Waals surface area contributed by atoms with Crippen LogP contribution in [0.25, 0.3) is 0 Å². The van der Waals surface area contributed by atoms with Crippen LogP contribution in [-0.2, 0) is 13.0 Å². The van der Waals surface area contributed by atoms with Gasteiger partial charge in [-0.3, -0.25) is 0 Å². The molecule has 0 aliphatic carbocycles. The van der Waals surface area contributed by atoms with E-state index in [9.17, 15) is 4.79 Å². The van der Waals surface area contributed by atoms with Crippen LogP contribution >= 0.6 is 22.6 Å². The number of aromatic carboxylic acids is 1. The Kier molecular flexibility index (Phi) is 4.41. The third-order valence-electron chi connectivity index (χ3n) is 2.79. The molecule has 0 bridgehead atoms. The van der Waals surface area contributed by atoms with Gasteiger partial charge in [-0.1, -0.05) is 30.3 Å². The molecule has 0 amide bonds. The van der Waals surface area contributed by atoms with E-state index in [0.29, 0.717) is 5.69 Å². The summed E-state index contributed by atoms with van der Waals surface area (Å²) in [5, 5.41) is 9.07. The molecule has 2 rings (SSSR count). The lowest BCUT2D eigenvalue weighted by Crippen LogP contribution is -2.08. The molecule has 0 unspecified atom stereocenters. The topological polar surface area (TPSA) is 42.2 Å². The zero-order chi connectivity index (χ0) is 13.0. The average molecular weight is 355 g/mol. The molecular weight excluding hydrogens is 341 g/mol. The number of benzene rings is 1. The Morgan fingerprint density at radius 3 is 2.67 bits per heavy atom. The van der Waals surface area contributed by atoms with Crippen LogP contribution < -0.4 is 0 Å². The van der Waals surface area contributed by atoms with Gasteiger partial charge < -0.3 is 9.67 Å². The van der Waals surface area contributed by atoms with Gasteiger partial charge in [-0.2, -0.15) is 0 Å². The van der Waals surface area contributed by atoms with E-state index in [2.05, 4.69) is 34.7 Å². The molecule has 1 heterocycles. The zero-order valence-corrected chi connectivity index (χ0v) is 12.0. The summed E-state index contributed by atoms with van der Waals surface area (Å²) >= 11 is 2.14.